The second-order valence-corrected chi connectivity index (χ2v) is 4.97. The van der Waals surface area contributed by atoms with Crippen LogP contribution < -0.4 is 0 Å². The van der Waals surface area contributed by atoms with Crippen molar-refractivity contribution in [2.24, 2.45) is 7.05 Å². The fraction of sp³-hybridized carbons (Fsp3) is 0.417. The van der Waals surface area contributed by atoms with Gasteiger partial charge in [-0.1, -0.05) is 18.6 Å². The van der Waals surface area contributed by atoms with Crippen LogP contribution in [0.4, 0.5) is 0 Å². The normalized spacial score (nSPS) is 15.8. The van der Waals surface area contributed by atoms with Crippen molar-refractivity contribution < 1.29 is 0 Å². The number of hydrogen-bond acceptors (Lipinski definition) is 3. The third kappa shape index (κ3) is 2.02. The SMILES string of the molecule is Cn1cc(-c2cc(=S)nc(C3CCC3)[nH]2)cn1. The van der Waals surface area contributed by atoms with Crippen LogP contribution >= 0.6 is 12.2 Å². The highest BCUT2D eigenvalue weighted by Gasteiger charge is 2.22. The van der Waals surface area contributed by atoms with Crippen LogP contribution in [0, 0.1) is 4.64 Å². The van der Waals surface area contributed by atoms with Gasteiger partial charge in [-0.05, 0) is 18.9 Å². The van der Waals surface area contributed by atoms with Crippen LogP contribution in [0.5, 0.6) is 0 Å². The van der Waals surface area contributed by atoms with Crippen molar-refractivity contribution in [2.75, 3.05) is 0 Å². The lowest BCUT2D eigenvalue weighted by atomic mass is 9.85. The average molecular weight is 246 g/mol. The summed E-state index contributed by atoms with van der Waals surface area (Å²) >= 11 is 5.23. The smallest absolute Gasteiger partial charge is 0.130 e. The third-order valence-corrected chi connectivity index (χ3v) is 3.48. The monoisotopic (exact) mass is 246 g/mol. The molecule has 0 unspecified atom stereocenters. The Hall–Kier alpha value is -1.49. The van der Waals surface area contributed by atoms with Crippen LogP contribution in [0.3, 0.4) is 0 Å². The minimum Gasteiger partial charge on any atom is -0.343 e. The molecule has 17 heavy (non-hydrogen) atoms. The number of hydrogen-bond donors (Lipinski definition) is 1. The first kappa shape index (κ1) is 10.7. The minimum absolute atomic E-state index is 0.563. The van der Waals surface area contributed by atoms with Gasteiger partial charge in [0.2, 0.25) is 0 Å². The van der Waals surface area contributed by atoms with Crippen molar-refractivity contribution in [3.8, 4) is 11.3 Å². The van der Waals surface area contributed by atoms with Gasteiger partial charge in [0.1, 0.15) is 10.5 Å². The molecule has 1 fully saturated rings. The number of aromatic nitrogens is 4. The predicted molar refractivity (Wildman–Crippen MR) is 68.2 cm³/mol. The lowest BCUT2D eigenvalue weighted by Gasteiger charge is -2.24. The summed E-state index contributed by atoms with van der Waals surface area (Å²) in [6.07, 6.45) is 7.55. The van der Waals surface area contributed by atoms with Gasteiger partial charge in [-0.15, -0.1) is 0 Å². The predicted octanol–water partition coefficient (Wildman–Crippen LogP) is 2.81. The van der Waals surface area contributed by atoms with Crippen molar-refractivity contribution in [1.29, 1.82) is 0 Å². The molecule has 1 saturated carbocycles. The van der Waals surface area contributed by atoms with E-state index >= 15 is 0 Å². The Bertz CT molecular complexity index is 595. The average Bonchev–Trinajstić information content (AvgIpc) is 2.61. The highest BCUT2D eigenvalue weighted by Crippen LogP contribution is 2.34. The van der Waals surface area contributed by atoms with E-state index in [9.17, 15) is 0 Å². The van der Waals surface area contributed by atoms with E-state index in [1.807, 2.05) is 25.5 Å². The fourth-order valence-corrected chi connectivity index (χ4v) is 2.28. The molecule has 0 spiro atoms. The van der Waals surface area contributed by atoms with E-state index in [4.69, 9.17) is 12.2 Å². The number of rotatable bonds is 2. The maximum absolute atomic E-state index is 5.23. The number of nitrogens with zero attached hydrogens (tertiary/aromatic N) is 3. The lowest BCUT2D eigenvalue weighted by molar-refractivity contribution is 0.401. The van der Waals surface area contributed by atoms with Gasteiger partial charge in [-0.3, -0.25) is 4.68 Å². The van der Waals surface area contributed by atoms with Gasteiger partial charge in [0.15, 0.2) is 0 Å². The second-order valence-electron chi connectivity index (χ2n) is 4.55. The second kappa shape index (κ2) is 4.07. The van der Waals surface area contributed by atoms with Gasteiger partial charge in [0.05, 0.1) is 11.9 Å². The molecule has 1 aliphatic carbocycles. The first-order valence-electron chi connectivity index (χ1n) is 5.82. The Balaban J connectivity index is 2.04. The van der Waals surface area contributed by atoms with Crippen LogP contribution in [0.1, 0.15) is 31.0 Å². The lowest BCUT2D eigenvalue weighted by Crippen LogP contribution is -2.13. The summed E-state index contributed by atoms with van der Waals surface area (Å²) < 4.78 is 2.44. The standard InChI is InChI=1S/C12H14N4S/c1-16-7-9(6-13-16)10-5-11(17)15-12(14-10)8-3-2-4-8/h5-8H,2-4H2,1H3,(H,14,15,17). The molecule has 0 aromatic carbocycles. The van der Waals surface area contributed by atoms with E-state index in [-0.39, 0.29) is 0 Å². The molecule has 1 aliphatic rings. The zero-order valence-electron chi connectivity index (χ0n) is 9.68. The van der Waals surface area contributed by atoms with Gasteiger partial charge in [-0.2, -0.15) is 5.10 Å². The van der Waals surface area contributed by atoms with Crippen molar-refractivity contribution in [3.63, 3.8) is 0 Å². The van der Waals surface area contributed by atoms with E-state index < -0.39 is 0 Å². The first-order chi connectivity index (χ1) is 8.22. The Morgan fingerprint density at radius 2 is 2.29 bits per heavy atom. The summed E-state index contributed by atoms with van der Waals surface area (Å²) in [5.74, 6) is 1.59. The summed E-state index contributed by atoms with van der Waals surface area (Å²) in [7, 11) is 1.91. The fourth-order valence-electron chi connectivity index (χ4n) is 2.07. The molecule has 0 bridgehead atoms. The van der Waals surface area contributed by atoms with Crippen molar-refractivity contribution in [2.45, 2.75) is 25.2 Å². The molecule has 2 heterocycles. The third-order valence-electron chi connectivity index (χ3n) is 3.27. The van der Waals surface area contributed by atoms with Gasteiger partial charge in [-0.25, -0.2) is 4.98 Å². The Kier molecular flexibility index (Phi) is 2.55. The molecule has 3 rings (SSSR count). The van der Waals surface area contributed by atoms with E-state index in [0.717, 1.165) is 17.1 Å². The molecule has 0 radical (unpaired) electrons. The summed E-state index contributed by atoms with van der Waals surface area (Å²) in [5.41, 5.74) is 2.07. The summed E-state index contributed by atoms with van der Waals surface area (Å²) in [6.45, 7) is 0. The topological polar surface area (TPSA) is 46.5 Å². The van der Waals surface area contributed by atoms with Gasteiger partial charge >= 0.3 is 0 Å². The van der Waals surface area contributed by atoms with E-state index in [0.29, 0.717) is 10.6 Å². The van der Waals surface area contributed by atoms with E-state index in [1.54, 1.807) is 4.68 Å². The highest BCUT2D eigenvalue weighted by atomic mass is 32.1. The minimum atomic E-state index is 0.563. The molecule has 0 amide bonds. The summed E-state index contributed by atoms with van der Waals surface area (Å²) in [5, 5.41) is 4.17. The molecule has 0 saturated heterocycles. The molecular formula is C12H14N4S. The van der Waals surface area contributed by atoms with Crippen LogP contribution in [-0.2, 0) is 7.05 Å². The molecule has 88 valence electrons. The molecule has 4 nitrogen and oxygen atoms in total. The molecule has 2 aromatic rings. The van der Waals surface area contributed by atoms with Crippen molar-refractivity contribution in [1.82, 2.24) is 19.7 Å². The Morgan fingerprint density at radius 1 is 1.47 bits per heavy atom. The van der Waals surface area contributed by atoms with Gasteiger partial charge in [0, 0.05) is 24.7 Å². The highest BCUT2D eigenvalue weighted by molar-refractivity contribution is 7.71. The molecule has 5 heteroatoms. The Labute approximate surface area is 105 Å². The van der Waals surface area contributed by atoms with Gasteiger partial charge in [0.25, 0.3) is 0 Å². The molecular weight excluding hydrogens is 232 g/mol. The number of H-pyrrole nitrogens is 1. The molecule has 0 atom stereocenters. The van der Waals surface area contributed by atoms with Crippen LogP contribution in [0.2, 0.25) is 0 Å². The zero-order chi connectivity index (χ0) is 11.8. The van der Waals surface area contributed by atoms with Crippen LogP contribution in [0.25, 0.3) is 11.3 Å². The van der Waals surface area contributed by atoms with Crippen molar-refractivity contribution in [3.05, 3.63) is 28.9 Å². The van der Waals surface area contributed by atoms with Gasteiger partial charge < -0.3 is 4.98 Å². The molecule has 2 aromatic heterocycles. The zero-order valence-corrected chi connectivity index (χ0v) is 10.5. The Morgan fingerprint density at radius 3 is 2.88 bits per heavy atom. The summed E-state index contributed by atoms with van der Waals surface area (Å²) in [6, 6.07) is 1.90. The van der Waals surface area contributed by atoms with Crippen LogP contribution in [0.15, 0.2) is 18.5 Å². The maximum atomic E-state index is 5.23. The van der Waals surface area contributed by atoms with E-state index in [2.05, 4.69) is 15.1 Å². The quantitative estimate of drug-likeness (QED) is 0.829. The molecule has 1 N–H and O–H groups in total. The first-order valence-corrected chi connectivity index (χ1v) is 6.23. The van der Waals surface area contributed by atoms with Crippen LogP contribution in [-0.4, -0.2) is 19.7 Å². The molecule has 0 aliphatic heterocycles. The number of aromatic amines is 1. The number of aryl methyl sites for hydroxylation is 1. The number of nitrogens with one attached hydrogen (secondary N) is 1. The summed E-state index contributed by atoms with van der Waals surface area (Å²) in [4.78, 5) is 7.81. The van der Waals surface area contributed by atoms with E-state index in [1.165, 1.54) is 19.3 Å². The van der Waals surface area contributed by atoms with Crippen molar-refractivity contribution >= 4 is 12.2 Å². The maximum Gasteiger partial charge on any atom is 0.130 e. The largest absolute Gasteiger partial charge is 0.343 e.